The van der Waals surface area contributed by atoms with Crippen LogP contribution in [0.4, 0.5) is 0 Å². The van der Waals surface area contributed by atoms with Gasteiger partial charge in [0.2, 0.25) is 5.91 Å². The van der Waals surface area contributed by atoms with Crippen LogP contribution < -0.4 is 5.32 Å². The molecule has 1 atom stereocenters. The topological polar surface area (TPSA) is 41.6 Å². The van der Waals surface area contributed by atoms with Crippen LogP contribution in [0.5, 0.6) is 0 Å². The molecule has 1 aliphatic heterocycles. The number of hydrogen-bond acceptors (Lipinski definition) is 3. The summed E-state index contributed by atoms with van der Waals surface area (Å²) in [5.41, 5.74) is 0. The first-order chi connectivity index (χ1) is 7.77. The second-order valence-corrected chi connectivity index (χ2v) is 4.50. The lowest BCUT2D eigenvalue weighted by molar-refractivity contribution is -0.133. The van der Waals surface area contributed by atoms with Gasteiger partial charge in [-0.1, -0.05) is 0 Å². The molecule has 4 nitrogen and oxygen atoms in total. The Morgan fingerprint density at radius 2 is 2.38 bits per heavy atom. The number of piperidine rings is 1. The first kappa shape index (κ1) is 13.5. The first-order valence-electron chi connectivity index (χ1n) is 6.19. The fourth-order valence-electron chi connectivity index (χ4n) is 2.27. The zero-order valence-corrected chi connectivity index (χ0v) is 10.5. The minimum atomic E-state index is 0.290. The van der Waals surface area contributed by atoms with Crippen LogP contribution in [0, 0.1) is 5.92 Å². The number of rotatable bonds is 6. The summed E-state index contributed by atoms with van der Waals surface area (Å²) in [6, 6.07) is 0. The lowest BCUT2D eigenvalue weighted by atomic mass is 9.97. The third-order valence-corrected chi connectivity index (χ3v) is 3.10. The summed E-state index contributed by atoms with van der Waals surface area (Å²) >= 11 is 0. The van der Waals surface area contributed by atoms with Gasteiger partial charge in [-0.05, 0) is 38.8 Å². The van der Waals surface area contributed by atoms with Crippen molar-refractivity contribution < 1.29 is 9.53 Å². The van der Waals surface area contributed by atoms with Crippen molar-refractivity contribution in [2.45, 2.75) is 25.7 Å². The van der Waals surface area contributed by atoms with E-state index in [1.165, 1.54) is 6.42 Å². The maximum absolute atomic E-state index is 11.9. The highest BCUT2D eigenvalue weighted by atomic mass is 16.5. The fraction of sp³-hybridized carbons (Fsp3) is 0.917. The Hall–Kier alpha value is -0.610. The van der Waals surface area contributed by atoms with Gasteiger partial charge in [0.05, 0.1) is 0 Å². The molecule has 0 bridgehead atoms. The monoisotopic (exact) mass is 228 g/mol. The summed E-state index contributed by atoms with van der Waals surface area (Å²) in [7, 11) is 3.65. The first-order valence-corrected chi connectivity index (χ1v) is 6.19. The Kier molecular flexibility index (Phi) is 6.42. The van der Waals surface area contributed by atoms with Crippen LogP contribution in [-0.2, 0) is 9.53 Å². The van der Waals surface area contributed by atoms with Gasteiger partial charge in [0.15, 0.2) is 0 Å². The highest BCUT2D eigenvalue weighted by Crippen LogP contribution is 2.16. The van der Waals surface area contributed by atoms with E-state index in [4.69, 9.17) is 4.74 Å². The summed E-state index contributed by atoms with van der Waals surface area (Å²) in [5, 5.41) is 3.19. The molecule has 1 fully saturated rings. The minimum absolute atomic E-state index is 0.290. The molecule has 0 spiro atoms. The van der Waals surface area contributed by atoms with E-state index in [0.29, 0.717) is 18.9 Å². The number of amides is 1. The largest absolute Gasteiger partial charge is 0.385 e. The molecule has 94 valence electrons. The second-order valence-electron chi connectivity index (χ2n) is 4.50. The van der Waals surface area contributed by atoms with E-state index in [-0.39, 0.29) is 5.91 Å². The minimum Gasteiger partial charge on any atom is -0.385 e. The van der Waals surface area contributed by atoms with Crippen molar-refractivity contribution in [2.75, 3.05) is 40.4 Å². The quantitative estimate of drug-likeness (QED) is 0.686. The van der Waals surface area contributed by atoms with Gasteiger partial charge >= 0.3 is 0 Å². The van der Waals surface area contributed by atoms with Crippen molar-refractivity contribution in [3.05, 3.63) is 0 Å². The number of hydrogen-bond donors (Lipinski definition) is 1. The number of nitrogens with zero attached hydrogens (tertiary/aromatic N) is 1. The van der Waals surface area contributed by atoms with E-state index in [0.717, 1.165) is 32.5 Å². The zero-order valence-electron chi connectivity index (χ0n) is 10.5. The van der Waals surface area contributed by atoms with Crippen molar-refractivity contribution in [1.82, 2.24) is 10.2 Å². The van der Waals surface area contributed by atoms with E-state index in [2.05, 4.69) is 5.32 Å². The standard InChI is InChI=1S/C12H24N2O2/c1-13-9-11-5-3-7-14(10-11)12(15)6-4-8-16-2/h11,13H,3-10H2,1-2H3. The predicted octanol–water partition coefficient (Wildman–Crippen LogP) is 0.871. The summed E-state index contributed by atoms with van der Waals surface area (Å²) in [5.74, 6) is 0.919. The normalized spacial score (nSPS) is 21.1. The lowest BCUT2D eigenvalue weighted by Gasteiger charge is -2.32. The Bertz CT molecular complexity index is 207. The van der Waals surface area contributed by atoms with Crippen molar-refractivity contribution in [1.29, 1.82) is 0 Å². The van der Waals surface area contributed by atoms with E-state index >= 15 is 0 Å². The van der Waals surface area contributed by atoms with Gasteiger partial charge in [-0.15, -0.1) is 0 Å². The number of nitrogens with one attached hydrogen (secondary N) is 1. The van der Waals surface area contributed by atoms with Crippen molar-refractivity contribution in [2.24, 2.45) is 5.92 Å². The zero-order chi connectivity index (χ0) is 11.8. The summed E-state index contributed by atoms with van der Waals surface area (Å²) < 4.78 is 4.96. The molecule has 1 amide bonds. The van der Waals surface area contributed by atoms with Crippen LogP contribution in [-0.4, -0.2) is 51.2 Å². The smallest absolute Gasteiger partial charge is 0.222 e. The number of likely N-dealkylation sites (tertiary alicyclic amines) is 1. The predicted molar refractivity (Wildman–Crippen MR) is 64.3 cm³/mol. The molecular weight excluding hydrogens is 204 g/mol. The van der Waals surface area contributed by atoms with Crippen LogP contribution >= 0.6 is 0 Å². The fourth-order valence-corrected chi connectivity index (χ4v) is 2.27. The third kappa shape index (κ3) is 4.49. The SMILES string of the molecule is CNCC1CCCN(C(=O)CCCOC)C1. The van der Waals surface area contributed by atoms with E-state index in [1.807, 2.05) is 11.9 Å². The van der Waals surface area contributed by atoms with E-state index in [1.54, 1.807) is 7.11 Å². The lowest BCUT2D eigenvalue weighted by Crippen LogP contribution is -2.42. The Labute approximate surface area is 98.3 Å². The molecule has 4 heteroatoms. The molecule has 0 aromatic carbocycles. The molecule has 1 unspecified atom stereocenters. The number of carbonyl (C=O) groups is 1. The van der Waals surface area contributed by atoms with Gasteiger partial charge in [-0.25, -0.2) is 0 Å². The van der Waals surface area contributed by atoms with Crippen LogP contribution in [0.1, 0.15) is 25.7 Å². The van der Waals surface area contributed by atoms with Gasteiger partial charge in [-0.3, -0.25) is 4.79 Å². The molecule has 1 heterocycles. The number of carbonyl (C=O) groups excluding carboxylic acids is 1. The molecular formula is C12H24N2O2. The maximum atomic E-state index is 11.9. The van der Waals surface area contributed by atoms with Crippen molar-refractivity contribution in [3.8, 4) is 0 Å². The molecule has 0 aromatic rings. The van der Waals surface area contributed by atoms with Gasteiger partial charge in [0, 0.05) is 33.2 Å². The summed E-state index contributed by atoms with van der Waals surface area (Å²) in [6.45, 7) is 3.56. The molecule has 1 rings (SSSR count). The van der Waals surface area contributed by atoms with Crippen LogP contribution in [0.3, 0.4) is 0 Å². The van der Waals surface area contributed by atoms with Crippen LogP contribution in [0.25, 0.3) is 0 Å². The molecule has 0 aromatic heterocycles. The van der Waals surface area contributed by atoms with Gasteiger partial charge in [0.25, 0.3) is 0 Å². The third-order valence-electron chi connectivity index (χ3n) is 3.10. The van der Waals surface area contributed by atoms with E-state index in [9.17, 15) is 4.79 Å². The Morgan fingerprint density at radius 3 is 3.06 bits per heavy atom. The molecule has 1 N–H and O–H groups in total. The molecule has 16 heavy (non-hydrogen) atoms. The Balaban J connectivity index is 2.26. The molecule has 1 aliphatic rings. The average Bonchev–Trinajstić information content (AvgIpc) is 2.30. The highest BCUT2D eigenvalue weighted by Gasteiger charge is 2.22. The van der Waals surface area contributed by atoms with Gasteiger partial charge in [-0.2, -0.15) is 0 Å². The number of methoxy groups -OCH3 is 1. The summed E-state index contributed by atoms with van der Waals surface area (Å²) in [4.78, 5) is 13.9. The van der Waals surface area contributed by atoms with Gasteiger partial charge in [0.1, 0.15) is 0 Å². The second kappa shape index (κ2) is 7.63. The maximum Gasteiger partial charge on any atom is 0.222 e. The highest BCUT2D eigenvalue weighted by molar-refractivity contribution is 5.76. The molecule has 0 radical (unpaired) electrons. The van der Waals surface area contributed by atoms with Crippen molar-refractivity contribution in [3.63, 3.8) is 0 Å². The molecule has 0 saturated carbocycles. The van der Waals surface area contributed by atoms with Gasteiger partial charge < -0.3 is 15.0 Å². The average molecular weight is 228 g/mol. The number of ether oxygens (including phenoxy) is 1. The van der Waals surface area contributed by atoms with Crippen LogP contribution in [0.15, 0.2) is 0 Å². The van der Waals surface area contributed by atoms with E-state index < -0.39 is 0 Å². The van der Waals surface area contributed by atoms with Crippen molar-refractivity contribution >= 4 is 5.91 Å². The Morgan fingerprint density at radius 1 is 1.56 bits per heavy atom. The van der Waals surface area contributed by atoms with Crippen LogP contribution in [0.2, 0.25) is 0 Å². The molecule has 1 saturated heterocycles. The summed E-state index contributed by atoms with van der Waals surface area (Å²) in [6.07, 6.45) is 3.84. The molecule has 0 aliphatic carbocycles.